The molecule has 0 saturated carbocycles. The van der Waals surface area contributed by atoms with Crippen LogP contribution in [0.1, 0.15) is 0 Å². The van der Waals surface area contributed by atoms with E-state index in [9.17, 15) is 0 Å². The Hall–Kier alpha value is -0.800. The highest BCUT2D eigenvalue weighted by molar-refractivity contribution is 7.71. The van der Waals surface area contributed by atoms with Crippen molar-refractivity contribution in [1.82, 2.24) is 9.55 Å². The van der Waals surface area contributed by atoms with E-state index in [1.807, 2.05) is 28.8 Å². The fraction of sp³-hybridized carbons (Fsp3) is 0.125. The van der Waals surface area contributed by atoms with Crippen LogP contribution in [0, 0.1) is 4.77 Å². The molecule has 0 atom stereocenters. The van der Waals surface area contributed by atoms with E-state index in [0.717, 1.165) is 11.0 Å². The lowest BCUT2D eigenvalue weighted by atomic mass is 10.3. The van der Waals surface area contributed by atoms with Crippen molar-refractivity contribution in [1.29, 1.82) is 0 Å². The van der Waals surface area contributed by atoms with E-state index in [0.29, 0.717) is 10.8 Å². The first kappa shape index (κ1) is 7.83. The molecule has 0 aliphatic carbocycles. The number of halogens is 1. The van der Waals surface area contributed by atoms with E-state index in [2.05, 4.69) is 4.98 Å². The van der Waals surface area contributed by atoms with Gasteiger partial charge in [-0.3, -0.25) is 0 Å². The van der Waals surface area contributed by atoms with Crippen molar-refractivity contribution in [3.8, 4) is 0 Å². The highest BCUT2D eigenvalue weighted by atomic mass is 35.5. The zero-order valence-electron chi connectivity index (χ0n) is 6.25. The topological polar surface area (TPSA) is 20.7 Å². The lowest BCUT2D eigenvalue weighted by Crippen LogP contribution is -1.89. The van der Waals surface area contributed by atoms with Crippen LogP contribution in [0.25, 0.3) is 11.0 Å². The summed E-state index contributed by atoms with van der Waals surface area (Å²) in [5.74, 6) is 0. The summed E-state index contributed by atoms with van der Waals surface area (Å²) in [5.41, 5.74) is 2.08. The number of nitrogens with zero attached hydrogens (tertiary/aromatic N) is 1. The molecular formula is C8H7ClN2S. The number of nitrogens with one attached hydrogen (secondary N) is 1. The number of hydrogen-bond acceptors (Lipinski definition) is 1. The van der Waals surface area contributed by atoms with Gasteiger partial charge in [0.25, 0.3) is 0 Å². The molecule has 0 aliphatic heterocycles. The first-order valence-electron chi connectivity index (χ1n) is 3.56. The van der Waals surface area contributed by atoms with E-state index in [1.54, 1.807) is 0 Å². The maximum atomic E-state index is 5.73. The van der Waals surface area contributed by atoms with Crippen LogP contribution in [0.4, 0.5) is 0 Å². The van der Waals surface area contributed by atoms with Gasteiger partial charge in [0, 0.05) is 0 Å². The minimum atomic E-state index is 0.392. The summed E-state index contributed by atoms with van der Waals surface area (Å²) in [6, 6.07) is 8.29. The van der Waals surface area contributed by atoms with Gasteiger partial charge in [-0.2, -0.15) is 0 Å². The minimum absolute atomic E-state index is 0.392. The summed E-state index contributed by atoms with van der Waals surface area (Å²) in [6.07, 6.45) is 0. The molecule has 0 aliphatic rings. The summed E-state index contributed by atoms with van der Waals surface area (Å²) in [4.78, 5) is 3.07. The summed E-state index contributed by atoms with van der Waals surface area (Å²) >= 11 is 10.8. The number of H-pyrrole nitrogens is 1. The Labute approximate surface area is 79.8 Å². The number of aromatic nitrogens is 2. The van der Waals surface area contributed by atoms with Gasteiger partial charge in [-0.1, -0.05) is 12.1 Å². The lowest BCUT2D eigenvalue weighted by Gasteiger charge is -1.95. The third-order valence-corrected chi connectivity index (χ3v) is 2.36. The number of alkyl halides is 1. The standard InChI is InChI=1S/C8H7ClN2S/c9-5-11-7-4-2-1-3-6(7)10-8(11)12/h1-4H,5H2,(H,10,12). The average Bonchev–Trinajstić information content (AvgIpc) is 2.40. The number of rotatable bonds is 1. The van der Waals surface area contributed by atoms with Crippen LogP contribution >= 0.6 is 23.8 Å². The minimum Gasteiger partial charge on any atom is -0.331 e. The molecule has 0 bridgehead atoms. The SMILES string of the molecule is S=c1[nH]c2ccccc2n1CCl. The molecule has 2 aromatic rings. The molecular weight excluding hydrogens is 192 g/mol. The van der Waals surface area contributed by atoms with Crippen molar-refractivity contribution >= 4 is 34.9 Å². The maximum Gasteiger partial charge on any atom is 0.179 e. The van der Waals surface area contributed by atoms with Crippen molar-refractivity contribution in [2.45, 2.75) is 6.00 Å². The Balaban J connectivity index is 2.91. The third-order valence-electron chi connectivity index (χ3n) is 1.80. The molecule has 12 heavy (non-hydrogen) atoms. The van der Waals surface area contributed by atoms with Crippen molar-refractivity contribution < 1.29 is 0 Å². The zero-order chi connectivity index (χ0) is 8.55. The average molecular weight is 199 g/mol. The second-order valence-corrected chi connectivity index (χ2v) is 3.12. The van der Waals surface area contributed by atoms with Crippen LogP contribution in [0.5, 0.6) is 0 Å². The van der Waals surface area contributed by atoms with Gasteiger partial charge >= 0.3 is 0 Å². The fourth-order valence-corrected chi connectivity index (χ4v) is 1.82. The summed E-state index contributed by atoms with van der Waals surface area (Å²) < 4.78 is 2.53. The van der Waals surface area contributed by atoms with Gasteiger partial charge in [-0.05, 0) is 24.4 Å². The number of imidazole rings is 1. The van der Waals surface area contributed by atoms with E-state index < -0.39 is 0 Å². The number of benzene rings is 1. The van der Waals surface area contributed by atoms with Crippen LogP contribution in [0.2, 0.25) is 0 Å². The van der Waals surface area contributed by atoms with Crippen molar-refractivity contribution in [3.63, 3.8) is 0 Å². The number of para-hydroxylation sites is 2. The zero-order valence-corrected chi connectivity index (χ0v) is 7.82. The molecule has 0 radical (unpaired) electrons. The predicted molar refractivity (Wildman–Crippen MR) is 53.0 cm³/mol. The van der Waals surface area contributed by atoms with Crippen LogP contribution in [-0.2, 0) is 6.00 Å². The Morgan fingerprint density at radius 1 is 1.42 bits per heavy atom. The van der Waals surface area contributed by atoms with Gasteiger partial charge in [0.05, 0.1) is 17.0 Å². The Morgan fingerprint density at radius 2 is 2.17 bits per heavy atom. The van der Waals surface area contributed by atoms with E-state index >= 15 is 0 Å². The molecule has 0 spiro atoms. The molecule has 0 saturated heterocycles. The Morgan fingerprint density at radius 3 is 2.92 bits per heavy atom. The summed E-state index contributed by atoms with van der Waals surface area (Å²) in [5, 5.41) is 0. The number of hydrogen-bond donors (Lipinski definition) is 1. The van der Waals surface area contributed by atoms with Crippen molar-refractivity contribution in [3.05, 3.63) is 29.0 Å². The van der Waals surface area contributed by atoms with Gasteiger partial charge in [0.15, 0.2) is 4.77 Å². The monoisotopic (exact) mass is 198 g/mol. The second-order valence-electron chi connectivity index (χ2n) is 2.49. The molecule has 2 rings (SSSR count). The largest absolute Gasteiger partial charge is 0.331 e. The first-order chi connectivity index (χ1) is 5.83. The molecule has 62 valence electrons. The number of fused-ring (bicyclic) bond motifs is 1. The van der Waals surface area contributed by atoms with Gasteiger partial charge in [-0.15, -0.1) is 11.6 Å². The third kappa shape index (κ3) is 1.06. The smallest absolute Gasteiger partial charge is 0.179 e. The molecule has 1 aromatic heterocycles. The molecule has 0 amide bonds. The molecule has 0 fully saturated rings. The molecule has 1 aromatic carbocycles. The van der Waals surface area contributed by atoms with Gasteiger partial charge in [0.2, 0.25) is 0 Å². The molecule has 4 heteroatoms. The van der Waals surface area contributed by atoms with E-state index in [4.69, 9.17) is 23.8 Å². The molecule has 1 heterocycles. The van der Waals surface area contributed by atoms with Gasteiger partial charge < -0.3 is 9.55 Å². The summed E-state index contributed by atoms with van der Waals surface area (Å²) in [7, 11) is 0. The first-order valence-corrected chi connectivity index (χ1v) is 4.50. The molecule has 0 unspecified atom stereocenters. The Bertz CT molecular complexity index is 457. The second kappa shape index (κ2) is 2.92. The van der Waals surface area contributed by atoms with E-state index in [-0.39, 0.29) is 0 Å². The number of aromatic amines is 1. The fourth-order valence-electron chi connectivity index (χ4n) is 1.23. The molecule has 2 nitrogen and oxygen atoms in total. The maximum absolute atomic E-state index is 5.73. The van der Waals surface area contributed by atoms with Crippen LogP contribution < -0.4 is 0 Å². The van der Waals surface area contributed by atoms with Crippen molar-refractivity contribution in [2.75, 3.05) is 0 Å². The van der Waals surface area contributed by atoms with Gasteiger partial charge in [0.1, 0.15) is 0 Å². The van der Waals surface area contributed by atoms with Crippen molar-refractivity contribution in [2.24, 2.45) is 0 Å². The normalized spacial score (nSPS) is 10.8. The van der Waals surface area contributed by atoms with Crippen LogP contribution in [-0.4, -0.2) is 9.55 Å². The lowest BCUT2D eigenvalue weighted by molar-refractivity contribution is 0.895. The van der Waals surface area contributed by atoms with E-state index in [1.165, 1.54) is 0 Å². The highest BCUT2D eigenvalue weighted by Crippen LogP contribution is 2.13. The quantitative estimate of drug-likeness (QED) is 0.552. The highest BCUT2D eigenvalue weighted by Gasteiger charge is 2.00. The Kier molecular flexibility index (Phi) is 1.90. The van der Waals surface area contributed by atoms with Crippen LogP contribution in [0.15, 0.2) is 24.3 Å². The summed E-state index contributed by atoms with van der Waals surface area (Å²) in [6.45, 7) is 0. The molecule has 1 N–H and O–H groups in total. The predicted octanol–water partition coefficient (Wildman–Crippen LogP) is 2.90. The van der Waals surface area contributed by atoms with Gasteiger partial charge in [-0.25, -0.2) is 0 Å². The van der Waals surface area contributed by atoms with Crippen LogP contribution in [0.3, 0.4) is 0 Å².